The van der Waals surface area contributed by atoms with Crippen LogP contribution in [0.5, 0.6) is 11.5 Å². The van der Waals surface area contributed by atoms with Crippen molar-refractivity contribution in [3.05, 3.63) is 42.2 Å². The summed E-state index contributed by atoms with van der Waals surface area (Å²) >= 11 is 0. The zero-order valence-corrected chi connectivity index (χ0v) is 21.2. The van der Waals surface area contributed by atoms with Crippen molar-refractivity contribution in [1.82, 2.24) is 20.5 Å². The van der Waals surface area contributed by atoms with Gasteiger partial charge in [-0.3, -0.25) is 14.6 Å². The zero-order valence-electron chi connectivity index (χ0n) is 21.2. The number of aromatic nitrogens is 1. The van der Waals surface area contributed by atoms with Crippen molar-refractivity contribution < 1.29 is 19.1 Å². The highest BCUT2D eigenvalue weighted by atomic mass is 16.7. The second kappa shape index (κ2) is 10.9. The quantitative estimate of drug-likeness (QED) is 0.611. The maximum Gasteiger partial charge on any atom is 0.246 e. The molecular weight excluding hydrogens is 456 g/mol. The molecule has 2 aliphatic heterocycles. The lowest BCUT2D eigenvalue weighted by Gasteiger charge is -2.35. The normalized spacial score (nSPS) is 21.3. The molecule has 8 nitrogen and oxygen atoms in total. The van der Waals surface area contributed by atoms with Crippen LogP contribution in [0.15, 0.2) is 36.5 Å². The summed E-state index contributed by atoms with van der Waals surface area (Å²) in [6, 6.07) is 9.03. The molecule has 3 unspecified atom stereocenters. The molecule has 2 N–H and O–H groups in total. The van der Waals surface area contributed by atoms with Gasteiger partial charge in [-0.25, -0.2) is 0 Å². The van der Waals surface area contributed by atoms with E-state index >= 15 is 0 Å². The lowest BCUT2D eigenvalue weighted by molar-refractivity contribution is -0.139. The molecule has 192 valence electrons. The van der Waals surface area contributed by atoms with E-state index in [1.54, 1.807) is 7.05 Å². The standard InChI is InChI=1S/C28H36N4O4/c1-18(29-2)27(33)31-26(19-7-4-3-5-8-19)28(34)32-14-6-9-23(32)22-15-21(12-13-30-22)20-10-11-24-25(16-20)36-17-35-24/h10-13,15-16,18-19,23,26,29H,3-9,14,17H2,1-2H3,(H,31,33). The third-order valence-corrected chi connectivity index (χ3v) is 7.88. The van der Waals surface area contributed by atoms with E-state index in [0.29, 0.717) is 6.54 Å². The number of nitrogens with one attached hydrogen (secondary N) is 2. The minimum absolute atomic E-state index is 0.0244. The van der Waals surface area contributed by atoms with Crippen LogP contribution in [0.1, 0.15) is 63.6 Å². The fourth-order valence-electron chi connectivity index (χ4n) is 5.66. The smallest absolute Gasteiger partial charge is 0.246 e. The Morgan fingerprint density at radius 2 is 1.78 bits per heavy atom. The third-order valence-electron chi connectivity index (χ3n) is 7.88. The molecule has 1 saturated heterocycles. The van der Waals surface area contributed by atoms with E-state index in [1.165, 1.54) is 6.42 Å². The molecule has 1 aromatic heterocycles. The molecule has 0 spiro atoms. The Morgan fingerprint density at radius 1 is 1.00 bits per heavy atom. The first kappa shape index (κ1) is 24.6. The molecule has 1 aromatic carbocycles. The van der Waals surface area contributed by atoms with E-state index in [0.717, 1.165) is 66.8 Å². The lowest BCUT2D eigenvalue weighted by atomic mass is 9.83. The van der Waals surface area contributed by atoms with Gasteiger partial charge < -0.3 is 25.0 Å². The molecule has 0 bridgehead atoms. The highest BCUT2D eigenvalue weighted by Gasteiger charge is 2.39. The molecule has 3 heterocycles. The minimum atomic E-state index is -0.494. The van der Waals surface area contributed by atoms with Crippen LogP contribution in [0.3, 0.4) is 0 Å². The number of ether oxygens (including phenoxy) is 2. The molecule has 0 radical (unpaired) electrons. The van der Waals surface area contributed by atoms with Crippen molar-refractivity contribution in [2.75, 3.05) is 20.4 Å². The Labute approximate surface area is 212 Å². The molecular formula is C28H36N4O4. The van der Waals surface area contributed by atoms with Gasteiger partial charge in [-0.05, 0) is 81.0 Å². The van der Waals surface area contributed by atoms with E-state index < -0.39 is 6.04 Å². The van der Waals surface area contributed by atoms with Crippen LogP contribution in [0.4, 0.5) is 0 Å². The van der Waals surface area contributed by atoms with E-state index in [1.807, 2.05) is 42.3 Å². The minimum Gasteiger partial charge on any atom is -0.454 e. The van der Waals surface area contributed by atoms with Crippen LogP contribution in [0.2, 0.25) is 0 Å². The molecule has 3 atom stereocenters. The number of carbonyl (C=O) groups is 2. The second-order valence-electron chi connectivity index (χ2n) is 10.1. The van der Waals surface area contributed by atoms with Crippen LogP contribution in [0, 0.1) is 5.92 Å². The summed E-state index contributed by atoms with van der Waals surface area (Å²) in [5, 5.41) is 6.10. The third kappa shape index (κ3) is 5.05. The fourth-order valence-corrected chi connectivity index (χ4v) is 5.66. The number of rotatable bonds is 7. The molecule has 2 aromatic rings. The van der Waals surface area contributed by atoms with E-state index in [2.05, 4.69) is 21.7 Å². The number of fused-ring (bicyclic) bond motifs is 1. The maximum atomic E-state index is 14.0. The summed E-state index contributed by atoms with van der Waals surface area (Å²) in [6.45, 7) is 2.74. The Kier molecular flexibility index (Phi) is 7.41. The Balaban J connectivity index is 1.38. The number of nitrogens with zero attached hydrogens (tertiary/aromatic N) is 2. The van der Waals surface area contributed by atoms with Gasteiger partial charge in [-0.2, -0.15) is 0 Å². The Bertz CT molecular complexity index is 1100. The van der Waals surface area contributed by atoms with E-state index in [9.17, 15) is 9.59 Å². The molecule has 2 amide bonds. The molecule has 3 aliphatic rings. The molecule has 1 saturated carbocycles. The largest absolute Gasteiger partial charge is 0.454 e. The SMILES string of the molecule is CNC(C)C(=O)NC(C(=O)N1CCCC1c1cc(-c2ccc3c(c2)OCO3)ccn1)C1CCCCC1. The summed E-state index contributed by atoms with van der Waals surface area (Å²) < 4.78 is 11.0. The number of amides is 2. The number of carbonyl (C=O) groups excluding carboxylic acids is 2. The first-order chi connectivity index (χ1) is 17.5. The maximum absolute atomic E-state index is 14.0. The van der Waals surface area contributed by atoms with Gasteiger partial charge in [0, 0.05) is 12.7 Å². The average molecular weight is 493 g/mol. The molecule has 2 fully saturated rings. The zero-order chi connectivity index (χ0) is 25.1. The van der Waals surface area contributed by atoms with Crippen molar-refractivity contribution in [2.24, 2.45) is 5.92 Å². The highest BCUT2D eigenvalue weighted by molar-refractivity contribution is 5.90. The first-order valence-electron chi connectivity index (χ1n) is 13.2. The second-order valence-corrected chi connectivity index (χ2v) is 10.1. The Morgan fingerprint density at radius 3 is 2.58 bits per heavy atom. The van der Waals surface area contributed by atoms with Gasteiger partial charge in [0.25, 0.3) is 0 Å². The number of likely N-dealkylation sites (N-methyl/N-ethyl adjacent to an activating group) is 1. The van der Waals surface area contributed by atoms with Gasteiger partial charge in [0.1, 0.15) is 6.04 Å². The van der Waals surface area contributed by atoms with Gasteiger partial charge in [0.2, 0.25) is 18.6 Å². The lowest BCUT2D eigenvalue weighted by Crippen LogP contribution is -2.55. The number of hydrogen-bond acceptors (Lipinski definition) is 6. The monoisotopic (exact) mass is 492 g/mol. The number of hydrogen-bond donors (Lipinski definition) is 2. The van der Waals surface area contributed by atoms with Crippen molar-refractivity contribution in [2.45, 2.75) is 70.0 Å². The first-order valence-corrected chi connectivity index (χ1v) is 13.2. The van der Waals surface area contributed by atoms with Gasteiger partial charge in [0.15, 0.2) is 11.5 Å². The van der Waals surface area contributed by atoms with Crippen LogP contribution >= 0.6 is 0 Å². The van der Waals surface area contributed by atoms with Crippen LogP contribution in [0.25, 0.3) is 11.1 Å². The van der Waals surface area contributed by atoms with Gasteiger partial charge in [0.05, 0.1) is 17.8 Å². The summed E-state index contributed by atoms with van der Waals surface area (Å²) in [6.07, 6.45) is 8.95. The summed E-state index contributed by atoms with van der Waals surface area (Å²) in [7, 11) is 1.76. The van der Waals surface area contributed by atoms with E-state index in [4.69, 9.17) is 9.47 Å². The molecule has 5 rings (SSSR count). The molecule has 36 heavy (non-hydrogen) atoms. The van der Waals surface area contributed by atoms with Gasteiger partial charge >= 0.3 is 0 Å². The molecule has 8 heteroatoms. The summed E-state index contributed by atoms with van der Waals surface area (Å²) in [5.41, 5.74) is 2.93. The number of benzene rings is 1. The van der Waals surface area contributed by atoms with Crippen LogP contribution < -0.4 is 20.1 Å². The van der Waals surface area contributed by atoms with Crippen molar-refractivity contribution in [1.29, 1.82) is 0 Å². The van der Waals surface area contributed by atoms with Crippen molar-refractivity contribution in [3.63, 3.8) is 0 Å². The highest BCUT2D eigenvalue weighted by Crippen LogP contribution is 2.38. The predicted molar refractivity (Wildman–Crippen MR) is 137 cm³/mol. The average Bonchev–Trinajstić information content (AvgIpc) is 3.61. The van der Waals surface area contributed by atoms with Crippen molar-refractivity contribution >= 4 is 11.8 Å². The summed E-state index contributed by atoms with van der Waals surface area (Å²) in [5.74, 6) is 1.57. The van der Waals surface area contributed by atoms with Crippen molar-refractivity contribution in [3.8, 4) is 22.6 Å². The van der Waals surface area contributed by atoms with Crippen LogP contribution in [-0.2, 0) is 9.59 Å². The van der Waals surface area contributed by atoms with Crippen LogP contribution in [-0.4, -0.2) is 54.2 Å². The van der Waals surface area contributed by atoms with Gasteiger partial charge in [-0.1, -0.05) is 25.3 Å². The topological polar surface area (TPSA) is 92.8 Å². The fraction of sp³-hybridized carbons (Fsp3) is 0.536. The predicted octanol–water partition coefficient (Wildman–Crippen LogP) is 3.81. The number of pyridine rings is 1. The Hall–Kier alpha value is -3.13. The molecule has 1 aliphatic carbocycles. The summed E-state index contributed by atoms with van der Waals surface area (Å²) in [4.78, 5) is 33.4. The van der Waals surface area contributed by atoms with Gasteiger partial charge in [-0.15, -0.1) is 0 Å². The number of likely N-dealkylation sites (tertiary alicyclic amines) is 1. The van der Waals surface area contributed by atoms with E-state index in [-0.39, 0.29) is 36.6 Å².